The summed E-state index contributed by atoms with van der Waals surface area (Å²) < 4.78 is 0. The summed E-state index contributed by atoms with van der Waals surface area (Å²) in [4.78, 5) is 2.32. The molecule has 0 aromatic heterocycles. The molecule has 0 amide bonds. The van der Waals surface area contributed by atoms with Crippen molar-refractivity contribution >= 4 is 0 Å². The zero-order valence-electron chi connectivity index (χ0n) is 9.53. The molecule has 0 bridgehead atoms. The zero-order chi connectivity index (χ0) is 11.0. The summed E-state index contributed by atoms with van der Waals surface area (Å²) in [7, 11) is 0. The summed E-state index contributed by atoms with van der Waals surface area (Å²) in [6.07, 6.45) is -0.644. The van der Waals surface area contributed by atoms with Gasteiger partial charge < -0.3 is 20.4 Å². The van der Waals surface area contributed by atoms with Crippen molar-refractivity contribution < 1.29 is 10.2 Å². The lowest BCUT2D eigenvalue weighted by Gasteiger charge is -2.24. The number of nitrogens with one attached hydrogen (secondary N) is 1. The third-order valence-electron chi connectivity index (χ3n) is 2.34. The number of nitrogens with zero attached hydrogens (tertiary/aromatic N) is 1. The van der Waals surface area contributed by atoms with E-state index < -0.39 is 6.10 Å². The Morgan fingerprint density at radius 1 is 1.29 bits per heavy atom. The van der Waals surface area contributed by atoms with E-state index in [-0.39, 0.29) is 6.61 Å². The molecule has 14 heavy (non-hydrogen) atoms. The van der Waals surface area contributed by atoms with Crippen LogP contribution < -0.4 is 5.32 Å². The number of hydrogen-bond acceptors (Lipinski definition) is 4. The topological polar surface area (TPSA) is 55.7 Å². The molecule has 0 heterocycles. The Morgan fingerprint density at radius 2 is 1.86 bits per heavy atom. The van der Waals surface area contributed by atoms with E-state index in [9.17, 15) is 0 Å². The molecule has 0 aromatic rings. The van der Waals surface area contributed by atoms with Crippen LogP contribution in [-0.2, 0) is 0 Å². The molecule has 0 aromatic carbocycles. The number of rotatable bonds is 8. The Morgan fingerprint density at radius 3 is 2.29 bits per heavy atom. The van der Waals surface area contributed by atoms with E-state index in [1.165, 1.54) is 0 Å². The third-order valence-corrected chi connectivity index (χ3v) is 2.34. The van der Waals surface area contributed by atoms with Gasteiger partial charge in [0, 0.05) is 19.1 Å². The van der Waals surface area contributed by atoms with E-state index in [0.29, 0.717) is 12.6 Å². The lowest BCUT2D eigenvalue weighted by atomic mass is 10.2. The minimum Gasteiger partial charge on any atom is -0.394 e. The number of hydrogen-bond donors (Lipinski definition) is 3. The van der Waals surface area contributed by atoms with Gasteiger partial charge in [0.1, 0.15) is 0 Å². The maximum absolute atomic E-state index is 9.13. The number of aliphatic hydroxyl groups excluding tert-OH is 2. The highest BCUT2D eigenvalue weighted by Gasteiger charge is 2.08. The quantitative estimate of drug-likeness (QED) is 0.506. The van der Waals surface area contributed by atoms with Crippen LogP contribution in [0.25, 0.3) is 0 Å². The first-order chi connectivity index (χ1) is 6.63. The van der Waals surface area contributed by atoms with Crippen LogP contribution in [0, 0.1) is 0 Å². The Hall–Kier alpha value is -0.160. The summed E-state index contributed by atoms with van der Waals surface area (Å²) >= 11 is 0. The van der Waals surface area contributed by atoms with Crippen LogP contribution in [-0.4, -0.2) is 60.0 Å². The van der Waals surface area contributed by atoms with E-state index in [2.05, 4.69) is 31.0 Å². The summed E-state index contributed by atoms with van der Waals surface area (Å²) in [5.74, 6) is 0. The standard InChI is InChI=1S/C10H24N2O2/c1-4-12(5-2)7-9(3)11-6-10(14)8-13/h9-11,13-14H,4-8H2,1-3H3. The van der Waals surface area contributed by atoms with Crippen LogP contribution in [0.3, 0.4) is 0 Å². The van der Waals surface area contributed by atoms with Gasteiger partial charge in [0.15, 0.2) is 0 Å². The van der Waals surface area contributed by atoms with Crippen LogP contribution in [0.15, 0.2) is 0 Å². The first kappa shape index (κ1) is 13.8. The Kier molecular flexibility index (Phi) is 8.08. The van der Waals surface area contributed by atoms with Crippen molar-refractivity contribution in [1.29, 1.82) is 0 Å². The Balaban J connectivity index is 3.58. The predicted octanol–water partition coefficient (Wildman–Crippen LogP) is -0.340. The molecule has 2 atom stereocenters. The van der Waals surface area contributed by atoms with Gasteiger partial charge in [0.05, 0.1) is 12.7 Å². The van der Waals surface area contributed by atoms with Crippen molar-refractivity contribution in [2.24, 2.45) is 0 Å². The molecule has 0 saturated carbocycles. The second-order valence-electron chi connectivity index (χ2n) is 3.63. The van der Waals surface area contributed by atoms with E-state index in [1.54, 1.807) is 0 Å². The molecule has 4 nitrogen and oxygen atoms in total. The van der Waals surface area contributed by atoms with Gasteiger partial charge >= 0.3 is 0 Å². The maximum Gasteiger partial charge on any atom is 0.0895 e. The summed E-state index contributed by atoms with van der Waals surface area (Å²) in [5, 5.41) is 20.9. The minimum absolute atomic E-state index is 0.176. The molecule has 86 valence electrons. The summed E-state index contributed by atoms with van der Waals surface area (Å²) in [6.45, 7) is 9.71. The zero-order valence-corrected chi connectivity index (χ0v) is 9.53. The lowest BCUT2D eigenvalue weighted by molar-refractivity contribution is 0.0908. The van der Waals surface area contributed by atoms with Gasteiger partial charge in [-0.05, 0) is 20.0 Å². The molecule has 0 aliphatic heterocycles. The fourth-order valence-corrected chi connectivity index (χ4v) is 1.34. The molecule has 0 saturated heterocycles. The first-order valence-electron chi connectivity index (χ1n) is 5.38. The highest BCUT2D eigenvalue weighted by atomic mass is 16.3. The van der Waals surface area contributed by atoms with Crippen molar-refractivity contribution in [2.45, 2.75) is 32.9 Å². The molecule has 0 spiro atoms. The molecule has 2 unspecified atom stereocenters. The number of aliphatic hydroxyl groups is 2. The molecular weight excluding hydrogens is 180 g/mol. The highest BCUT2D eigenvalue weighted by Crippen LogP contribution is 1.91. The van der Waals surface area contributed by atoms with Crippen molar-refractivity contribution in [1.82, 2.24) is 10.2 Å². The Labute approximate surface area is 86.9 Å². The van der Waals surface area contributed by atoms with Crippen molar-refractivity contribution in [3.05, 3.63) is 0 Å². The van der Waals surface area contributed by atoms with E-state index >= 15 is 0 Å². The largest absolute Gasteiger partial charge is 0.394 e. The van der Waals surface area contributed by atoms with Crippen LogP contribution in [0.2, 0.25) is 0 Å². The fraction of sp³-hybridized carbons (Fsp3) is 1.00. The molecular formula is C10H24N2O2. The average molecular weight is 204 g/mol. The van der Waals surface area contributed by atoms with E-state index in [0.717, 1.165) is 19.6 Å². The van der Waals surface area contributed by atoms with E-state index in [4.69, 9.17) is 10.2 Å². The lowest BCUT2D eigenvalue weighted by Crippen LogP contribution is -2.42. The van der Waals surface area contributed by atoms with Gasteiger partial charge in [-0.3, -0.25) is 0 Å². The molecule has 4 heteroatoms. The predicted molar refractivity (Wildman–Crippen MR) is 58.3 cm³/mol. The summed E-state index contributed by atoms with van der Waals surface area (Å²) in [5.41, 5.74) is 0. The first-order valence-corrected chi connectivity index (χ1v) is 5.38. The summed E-state index contributed by atoms with van der Waals surface area (Å²) in [6, 6.07) is 0.344. The van der Waals surface area contributed by atoms with Gasteiger partial charge in [0.2, 0.25) is 0 Å². The molecule has 0 fully saturated rings. The van der Waals surface area contributed by atoms with Crippen LogP contribution in [0.1, 0.15) is 20.8 Å². The van der Waals surface area contributed by atoms with Crippen molar-refractivity contribution in [2.75, 3.05) is 32.8 Å². The monoisotopic (exact) mass is 204 g/mol. The van der Waals surface area contributed by atoms with Gasteiger partial charge in [-0.2, -0.15) is 0 Å². The van der Waals surface area contributed by atoms with Gasteiger partial charge in [-0.25, -0.2) is 0 Å². The SMILES string of the molecule is CCN(CC)CC(C)NCC(O)CO. The van der Waals surface area contributed by atoms with Crippen LogP contribution >= 0.6 is 0 Å². The van der Waals surface area contributed by atoms with Crippen molar-refractivity contribution in [3.8, 4) is 0 Å². The van der Waals surface area contributed by atoms with Crippen LogP contribution in [0.5, 0.6) is 0 Å². The Bertz CT molecular complexity index is 129. The molecule has 0 radical (unpaired) electrons. The molecule has 0 rings (SSSR count). The smallest absolute Gasteiger partial charge is 0.0895 e. The van der Waals surface area contributed by atoms with Gasteiger partial charge in [-0.1, -0.05) is 13.8 Å². The normalized spacial score (nSPS) is 15.9. The highest BCUT2D eigenvalue weighted by molar-refractivity contribution is 4.68. The minimum atomic E-state index is -0.644. The maximum atomic E-state index is 9.13. The van der Waals surface area contributed by atoms with E-state index in [1.807, 2.05) is 0 Å². The number of likely N-dealkylation sites (N-methyl/N-ethyl adjacent to an activating group) is 1. The molecule has 0 aliphatic rings. The van der Waals surface area contributed by atoms with Gasteiger partial charge in [-0.15, -0.1) is 0 Å². The second-order valence-corrected chi connectivity index (χ2v) is 3.63. The van der Waals surface area contributed by atoms with Crippen LogP contribution in [0.4, 0.5) is 0 Å². The van der Waals surface area contributed by atoms with Gasteiger partial charge in [0.25, 0.3) is 0 Å². The molecule has 0 aliphatic carbocycles. The fourth-order valence-electron chi connectivity index (χ4n) is 1.34. The second kappa shape index (κ2) is 8.17. The average Bonchev–Trinajstić information content (AvgIpc) is 2.22. The van der Waals surface area contributed by atoms with Crippen molar-refractivity contribution in [3.63, 3.8) is 0 Å². The third kappa shape index (κ3) is 6.32. The molecule has 3 N–H and O–H groups in total.